The van der Waals surface area contributed by atoms with Crippen molar-refractivity contribution < 1.29 is 23.9 Å². The first-order valence-electron chi connectivity index (χ1n) is 10.9. The highest BCUT2D eigenvalue weighted by molar-refractivity contribution is 6.01. The number of carbonyl (C=O) groups is 3. The minimum atomic E-state index is -0.883. The van der Waals surface area contributed by atoms with Gasteiger partial charge in [0.25, 0.3) is 5.91 Å². The predicted octanol–water partition coefficient (Wildman–Crippen LogP) is 3.18. The molecule has 166 valence electrons. The quantitative estimate of drug-likeness (QED) is 0.441. The summed E-state index contributed by atoms with van der Waals surface area (Å²) in [5, 5.41) is 2.74. The van der Waals surface area contributed by atoms with Crippen LogP contribution >= 0.6 is 0 Å². The van der Waals surface area contributed by atoms with Gasteiger partial charge < -0.3 is 19.7 Å². The number of benzene rings is 1. The van der Waals surface area contributed by atoms with Gasteiger partial charge in [0, 0.05) is 13.1 Å². The molecule has 1 aliphatic heterocycles. The molecule has 0 saturated carbocycles. The molecule has 0 aliphatic carbocycles. The van der Waals surface area contributed by atoms with Crippen LogP contribution in [0.15, 0.2) is 24.3 Å². The maximum atomic E-state index is 13.3. The Balaban J connectivity index is 2.08. The van der Waals surface area contributed by atoms with E-state index in [0.29, 0.717) is 43.5 Å². The summed E-state index contributed by atoms with van der Waals surface area (Å²) in [7, 11) is 0. The first kappa shape index (κ1) is 23.7. The summed E-state index contributed by atoms with van der Waals surface area (Å²) in [6, 6.07) is 6.16. The molecule has 0 radical (unpaired) electrons. The van der Waals surface area contributed by atoms with E-state index in [1.54, 1.807) is 18.2 Å². The Morgan fingerprint density at radius 1 is 1.20 bits per heavy atom. The monoisotopic (exact) mass is 418 g/mol. The van der Waals surface area contributed by atoms with Crippen LogP contribution in [0.2, 0.25) is 0 Å². The molecule has 0 spiro atoms. The molecule has 0 aromatic heterocycles. The minimum absolute atomic E-state index is 0.158. The highest BCUT2D eigenvalue weighted by Crippen LogP contribution is 2.23. The summed E-state index contributed by atoms with van der Waals surface area (Å²) in [6.45, 7) is 7.74. The van der Waals surface area contributed by atoms with Crippen LogP contribution in [0.25, 0.3) is 0 Å². The Labute approximate surface area is 179 Å². The van der Waals surface area contributed by atoms with Crippen LogP contribution < -0.4 is 10.1 Å². The lowest BCUT2D eigenvalue weighted by Gasteiger charge is -2.34. The van der Waals surface area contributed by atoms with Gasteiger partial charge in [0.2, 0.25) is 5.91 Å². The Kier molecular flexibility index (Phi) is 9.64. The lowest BCUT2D eigenvalue weighted by atomic mass is 10.1. The van der Waals surface area contributed by atoms with E-state index in [2.05, 4.69) is 12.2 Å². The SMILES string of the molecule is CCCCCOc1ccccc1C(=O)N1CCNC(=O)C1CC(=O)OCCC(C)C. The highest BCUT2D eigenvalue weighted by Gasteiger charge is 2.36. The number of unbranched alkanes of at least 4 members (excludes halogenated alkanes) is 2. The van der Waals surface area contributed by atoms with Crippen molar-refractivity contribution in [3.63, 3.8) is 0 Å². The summed E-state index contributed by atoms with van der Waals surface area (Å²) in [5.41, 5.74) is 0.405. The van der Waals surface area contributed by atoms with Crippen molar-refractivity contribution in [2.24, 2.45) is 5.92 Å². The van der Waals surface area contributed by atoms with Gasteiger partial charge in [-0.05, 0) is 30.9 Å². The zero-order valence-corrected chi connectivity index (χ0v) is 18.3. The van der Waals surface area contributed by atoms with Crippen LogP contribution in [0.3, 0.4) is 0 Å². The van der Waals surface area contributed by atoms with Gasteiger partial charge in [0.1, 0.15) is 11.8 Å². The van der Waals surface area contributed by atoms with E-state index in [-0.39, 0.29) is 18.2 Å². The molecule has 1 saturated heterocycles. The number of amides is 2. The van der Waals surface area contributed by atoms with Crippen molar-refractivity contribution in [1.82, 2.24) is 10.2 Å². The van der Waals surface area contributed by atoms with E-state index in [1.165, 1.54) is 4.90 Å². The first-order valence-corrected chi connectivity index (χ1v) is 10.9. The third-order valence-corrected chi connectivity index (χ3v) is 5.03. The number of hydrogen-bond donors (Lipinski definition) is 1. The molecule has 1 heterocycles. The molecule has 1 unspecified atom stereocenters. The lowest BCUT2D eigenvalue weighted by Crippen LogP contribution is -2.57. The van der Waals surface area contributed by atoms with Crippen LogP contribution in [0, 0.1) is 5.92 Å². The molecular formula is C23H34N2O5. The molecule has 1 aromatic rings. The fraction of sp³-hybridized carbons (Fsp3) is 0.609. The summed E-state index contributed by atoms with van der Waals surface area (Å²) in [6.07, 6.45) is 3.66. The van der Waals surface area contributed by atoms with E-state index in [1.807, 2.05) is 19.9 Å². The zero-order valence-electron chi connectivity index (χ0n) is 18.3. The van der Waals surface area contributed by atoms with Gasteiger partial charge in [-0.3, -0.25) is 14.4 Å². The van der Waals surface area contributed by atoms with E-state index in [0.717, 1.165) is 25.7 Å². The molecule has 1 aliphatic rings. The smallest absolute Gasteiger partial charge is 0.308 e. The number of rotatable bonds is 11. The van der Waals surface area contributed by atoms with E-state index < -0.39 is 12.0 Å². The fourth-order valence-corrected chi connectivity index (χ4v) is 3.24. The third-order valence-electron chi connectivity index (χ3n) is 5.03. The second-order valence-corrected chi connectivity index (χ2v) is 7.96. The van der Waals surface area contributed by atoms with Gasteiger partial charge in [0.05, 0.1) is 25.2 Å². The van der Waals surface area contributed by atoms with Gasteiger partial charge in [-0.15, -0.1) is 0 Å². The largest absolute Gasteiger partial charge is 0.493 e. The molecule has 1 atom stereocenters. The molecule has 7 nitrogen and oxygen atoms in total. The summed E-state index contributed by atoms with van der Waals surface area (Å²) >= 11 is 0. The van der Waals surface area contributed by atoms with Crippen molar-refractivity contribution in [3.8, 4) is 5.75 Å². The van der Waals surface area contributed by atoms with Crippen LogP contribution in [0.5, 0.6) is 5.75 Å². The topological polar surface area (TPSA) is 84.9 Å². The van der Waals surface area contributed by atoms with E-state index in [9.17, 15) is 14.4 Å². The Morgan fingerprint density at radius 2 is 1.97 bits per heavy atom. The zero-order chi connectivity index (χ0) is 21.9. The van der Waals surface area contributed by atoms with Crippen molar-refractivity contribution in [2.75, 3.05) is 26.3 Å². The number of piperazine rings is 1. The van der Waals surface area contributed by atoms with Crippen molar-refractivity contribution in [2.45, 2.75) is 58.9 Å². The number of esters is 1. The van der Waals surface area contributed by atoms with Crippen LogP contribution in [-0.4, -0.2) is 55.0 Å². The molecule has 2 rings (SSSR count). The maximum absolute atomic E-state index is 13.3. The third kappa shape index (κ3) is 7.04. The van der Waals surface area contributed by atoms with Crippen LogP contribution in [-0.2, 0) is 14.3 Å². The normalized spacial score (nSPS) is 16.3. The van der Waals surface area contributed by atoms with E-state index in [4.69, 9.17) is 9.47 Å². The number of carbonyl (C=O) groups excluding carboxylic acids is 3. The van der Waals surface area contributed by atoms with Crippen LogP contribution in [0.1, 0.15) is 63.2 Å². The molecule has 0 bridgehead atoms. The molecule has 1 fully saturated rings. The average Bonchev–Trinajstić information content (AvgIpc) is 2.72. The van der Waals surface area contributed by atoms with Gasteiger partial charge in [-0.2, -0.15) is 0 Å². The van der Waals surface area contributed by atoms with E-state index >= 15 is 0 Å². The van der Waals surface area contributed by atoms with Crippen molar-refractivity contribution in [1.29, 1.82) is 0 Å². The van der Waals surface area contributed by atoms with Crippen LogP contribution in [0.4, 0.5) is 0 Å². The van der Waals surface area contributed by atoms with Gasteiger partial charge in [-0.25, -0.2) is 0 Å². The number of nitrogens with zero attached hydrogens (tertiary/aromatic N) is 1. The standard InChI is InChI=1S/C23H34N2O5/c1-4-5-8-14-29-20-10-7-6-9-18(20)23(28)25-13-12-24-22(27)19(25)16-21(26)30-15-11-17(2)3/h6-7,9-10,17,19H,4-5,8,11-16H2,1-3H3,(H,24,27). The maximum Gasteiger partial charge on any atom is 0.308 e. The lowest BCUT2D eigenvalue weighted by molar-refractivity contribution is -0.148. The number of nitrogens with one attached hydrogen (secondary N) is 1. The molecular weight excluding hydrogens is 384 g/mol. The molecule has 30 heavy (non-hydrogen) atoms. The highest BCUT2D eigenvalue weighted by atomic mass is 16.5. The second-order valence-electron chi connectivity index (χ2n) is 7.96. The van der Waals surface area contributed by atoms with Crippen molar-refractivity contribution in [3.05, 3.63) is 29.8 Å². The molecule has 2 amide bonds. The summed E-state index contributed by atoms with van der Waals surface area (Å²) in [5.74, 6) is -0.196. The van der Waals surface area contributed by atoms with Gasteiger partial charge >= 0.3 is 5.97 Å². The molecule has 7 heteroatoms. The Hall–Kier alpha value is -2.57. The van der Waals surface area contributed by atoms with Gasteiger partial charge in [-0.1, -0.05) is 45.7 Å². The number of hydrogen-bond acceptors (Lipinski definition) is 5. The van der Waals surface area contributed by atoms with Crippen molar-refractivity contribution >= 4 is 17.8 Å². The predicted molar refractivity (Wildman–Crippen MR) is 114 cm³/mol. The molecule has 1 aromatic carbocycles. The minimum Gasteiger partial charge on any atom is -0.493 e. The number of para-hydroxylation sites is 1. The first-order chi connectivity index (χ1) is 14.4. The fourth-order valence-electron chi connectivity index (χ4n) is 3.24. The van der Waals surface area contributed by atoms with Gasteiger partial charge in [0.15, 0.2) is 0 Å². The Morgan fingerprint density at radius 3 is 2.70 bits per heavy atom. The Bertz CT molecular complexity index is 719. The molecule has 1 N–H and O–H groups in total. The second kappa shape index (κ2) is 12.2. The summed E-state index contributed by atoms with van der Waals surface area (Å²) < 4.78 is 11.1. The number of ether oxygens (including phenoxy) is 2. The summed E-state index contributed by atoms with van der Waals surface area (Å²) in [4.78, 5) is 39.4. The average molecular weight is 419 g/mol.